The van der Waals surface area contributed by atoms with Crippen molar-refractivity contribution in [3.8, 4) is 17.1 Å². The first-order chi connectivity index (χ1) is 29.1. The fourth-order valence-corrected chi connectivity index (χ4v) is 10.3. The quantitative estimate of drug-likeness (QED) is 0.181. The number of amides is 2. The Morgan fingerprint density at radius 2 is 1.63 bits per heavy atom. The summed E-state index contributed by atoms with van der Waals surface area (Å²) in [7, 11) is 0. The number of piperazine rings is 1. The SMILES string of the molecule is C[C@H]1CN(c2cc(-c3n[nH]c4ccc(OC5(C)CC5)cc34)ncn2)CCN1CC1CCN(CC2CCN(c3ccc4c(c3)C(=O)N(C3CCC(O)NC3=O)C4O)CC2)CC1. The fourth-order valence-electron chi connectivity index (χ4n) is 10.3. The molecule has 1 saturated carbocycles. The molecular formula is C45H58N10O5. The maximum atomic E-state index is 13.5. The Balaban J connectivity index is 0.676. The van der Waals surface area contributed by atoms with Gasteiger partial charge in [-0.05, 0) is 120 Å². The number of nitrogens with one attached hydrogen (secondary N) is 2. The first-order valence-electron chi connectivity index (χ1n) is 22.2. The van der Waals surface area contributed by atoms with Crippen LogP contribution in [-0.4, -0.2) is 140 Å². The number of fused-ring (bicyclic) bond motifs is 2. The smallest absolute Gasteiger partial charge is 0.257 e. The van der Waals surface area contributed by atoms with E-state index in [1.165, 1.54) is 17.7 Å². The average Bonchev–Trinajstić information content (AvgIpc) is 3.74. The first kappa shape index (κ1) is 39.3. The maximum absolute atomic E-state index is 13.5. The van der Waals surface area contributed by atoms with Crippen LogP contribution in [0, 0.1) is 11.8 Å². The number of rotatable bonds is 10. The molecule has 4 aromatic rings. The Labute approximate surface area is 351 Å². The first-order valence-corrected chi connectivity index (χ1v) is 22.2. The van der Waals surface area contributed by atoms with E-state index in [0.29, 0.717) is 41.8 Å². The van der Waals surface area contributed by atoms with Gasteiger partial charge in [0.1, 0.15) is 41.5 Å². The number of aromatic amines is 1. The second kappa shape index (κ2) is 15.9. The maximum Gasteiger partial charge on any atom is 0.257 e. The number of ether oxygens (including phenoxy) is 1. The van der Waals surface area contributed by atoms with Crippen LogP contribution in [0.3, 0.4) is 0 Å². The average molecular weight is 819 g/mol. The van der Waals surface area contributed by atoms with Crippen LogP contribution in [0.1, 0.15) is 87.4 Å². The number of aliphatic hydroxyl groups is 2. The molecule has 2 aromatic carbocycles. The standard InChI is InChI=1S/C45H58N10O5/c1-28-24-54(39-23-37(46-27-47-39)41-35-22-32(60-45(2)13-14-45)4-6-36(35)49-50-41)20-19-53(28)26-30-9-15-51(16-10-30)25-29-11-17-52(18-12-29)31-3-5-33-34(21-31)44(59)55(43(33)58)38-7-8-40(56)48-42(38)57/h3-6,21-23,27-30,38,40,43,56,58H,7-20,24-26H2,1-2H3,(H,48,57)(H,49,50)/t28-,38?,40?,43?/m0/s1. The summed E-state index contributed by atoms with van der Waals surface area (Å²) in [6.07, 6.45) is 7.11. The van der Waals surface area contributed by atoms with Gasteiger partial charge in [-0.15, -0.1) is 0 Å². The van der Waals surface area contributed by atoms with Crippen LogP contribution in [0.5, 0.6) is 5.75 Å². The summed E-state index contributed by atoms with van der Waals surface area (Å²) in [5, 5.41) is 32.1. The van der Waals surface area contributed by atoms with Gasteiger partial charge in [0, 0.05) is 80.1 Å². The lowest BCUT2D eigenvalue weighted by Gasteiger charge is -2.43. The van der Waals surface area contributed by atoms with Crippen molar-refractivity contribution in [2.75, 3.05) is 68.7 Å². The highest BCUT2D eigenvalue weighted by Crippen LogP contribution is 2.41. The Bertz CT molecular complexity index is 2230. The van der Waals surface area contributed by atoms with E-state index >= 15 is 0 Å². The third-order valence-corrected chi connectivity index (χ3v) is 14.2. The van der Waals surface area contributed by atoms with E-state index in [0.717, 1.165) is 124 Å². The number of aromatic nitrogens is 4. The van der Waals surface area contributed by atoms with Gasteiger partial charge >= 0.3 is 0 Å². The number of H-pyrrole nitrogens is 1. The molecule has 2 amide bonds. The third-order valence-electron chi connectivity index (χ3n) is 14.2. The van der Waals surface area contributed by atoms with Crippen LogP contribution in [-0.2, 0) is 4.79 Å². The van der Waals surface area contributed by atoms with Crippen molar-refractivity contribution in [1.82, 2.24) is 40.2 Å². The highest BCUT2D eigenvalue weighted by atomic mass is 16.5. The van der Waals surface area contributed by atoms with Crippen LogP contribution < -0.4 is 19.9 Å². The predicted molar refractivity (Wildman–Crippen MR) is 227 cm³/mol. The molecule has 60 heavy (non-hydrogen) atoms. The second-order valence-electron chi connectivity index (χ2n) is 18.5. The van der Waals surface area contributed by atoms with Crippen LogP contribution >= 0.6 is 0 Å². The van der Waals surface area contributed by atoms with Gasteiger partial charge in [-0.2, -0.15) is 5.10 Å². The molecule has 15 heteroatoms. The van der Waals surface area contributed by atoms with Crippen molar-refractivity contribution in [1.29, 1.82) is 0 Å². The number of carbonyl (C=O) groups excluding carboxylic acids is 2. The molecule has 4 saturated heterocycles. The molecule has 0 spiro atoms. The molecule has 1 aliphatic carbocycles. The van der Waals surface area contributed by atoms with E-state index in [4.69, 9.17) is 9.72 Å². The molecule has 2 aromatic heterocycles. The summed E-state index contributed by atoms with van der Waals surface area (Å²) in [5.41, 5.74) is 4.55. The Morgan fingerprint density at radius 1 is 0.850 bits per heavy atom. The zero-order valence-corrected chi connectivity index (χ0v) is 34.8. The van der Waals surface area contributed by atoms with E-state index in [2.05, 4.69) is 66.1 Å². The number of piperidine rings is 3. The summed E-state index contributed by atoms with van der Waals surface area (Å²) in [5.74, 6) is 2.42. The van der Waals surface area contributed by atoms with Crippen molar-refractivity contribution in [2.45, 2.75) is 95.4 Å². The van der Waals surface area contributed by atoms with E-state index < -0.39 is 24.4 Å². The van der Waals surface area contributed by atoms with E-state index in [9.17, 15) is 19.8 Å². The third kappa shape index (κ3) is 7.80. The number of likely N-dealkylation sites (tertiary alicyclic amines) is 1. The van der Waals surface area contributed by atoms with Crippen molar-refractivity contribution in [3.63, 3.8) is 0 Å². The van der Waals surface area contributed by atoms with E-state index in [1.54, 1.807) is 6.33 Å². The molecule has 0 radical (unpaired) electrons. The van der Waals surface area contributed by atoms with Crippen molar-refractivity contribution < 1.29 is 24.5 Å². The van der Waals surface area contributed by atoms with Crippen molar-refractivity contribution in [2.24, 2.45) is 11.8 Å². The van der Waals surface area contributed by atoms with Crippen molar-refractivity contribution >= 4 is 34.2 Å². The Morgan fingerprint density at radius 3 is 2.40 bits per heavy atom. The normalized spacial score (nSPS) is 26.8. The van der Waals surface area contributed by atoms with Crippen LogP contribution in [0.15, 0.2) is 48.8 Å². The highest BCUT2D eigenvalue weighted by Gasteiger charge is 2.45. The predicted octanol–water partition coefficient (Wildman–Crippen LogP) is 4.13. The summed E-state index contributed by atoms with van der Waals surface area (Å²) >= 11 is 0. The number of hydrogen-bond donors (Lipinski definition) is 4. The van der Waals surface area contributed by atoms with Gasteiger partial charge in [-0.25, -0.2) is 9.97 Å². The monoisotopic (exact) mass is 818 g/mol. The molecule has 318 valence electrons. The molecular weight excluding hydrogens is 761 g/mol. The molecule has 0 bridgehead atoms. The number of benzene rings is 2. The number of nitrogens with zero attached hydrogens (tertiary/aromatic N) is 8. The lowest BCUT2D eigenvalue weighted by Crippen LogP contribution is -2.54. The fraction of sp³-hybridized carbons (Fsp3) is 0.578. The lowest BCUT2D eigenvalue weighted by atomic mass is 9.92. The van der Waals surface area contributed by atoms with Crippen LogP contribution in [0.2, 0.25) is 0 Å². The summed E-state index contributed by atoms with van der Waals surface area (Å²) in [6.45, 7) is 13.8. The number of aliphatic hydroxyl groups excluding tert-OH is 2. The molecule has 15 nitrogen and oxygen atoms in total. The zero-order valence-electron chi connectivity index (χ0n) is 34.8. The number of anilines is 2. The van der Waals surface area contributed by atoms with E-state index in [-0.39, 0.29) is 11.5 Å². The van der Waals surface area contributed by atoms with Gasteiger partial charge in [0.25, 0.3) is 5.91 Å². The molecule has 3 unspecified atom stereocenters. The largest absolute Gasteiger partial charge is 0.488 e. The van der Waals surface area contributed by atoms with Gasteiger partial charge in [0.05, 0.1) is 11.2 Å². The van der Waals surface area contributed by atoms with Gasteiger partial charge in [-0.3, -0.25) is 24.5 Å². The molecule has 5 aliphatic heterocycles. The number of carbonyl (C=O) groups is 2. The van der Waals surface area contributed by atoms with Gasteiger partial charge in [-0.1, -0.05) is 6.07 Å². The molecule has 4 N–H and O–H groups in total. The molecule has 7 heterocycles. The lowest BCUT2D eigenvalue weighted by molar-refractivity contribution is -0.136. The van der Waals surface area contributed by atoms with E-state index in [1.807, 2.05) is 30.3 Å². The summed E-state index contributed by atoms with van der Waals surface area (Å²) in [6, 6.07) is 13.6. The Kier molecular flexibility index (Phi) is 10.4. The number of hydrogen-bond acceptors (Lipinski definition) is 12. The summed E-state index contributed by atoms with van der Waals surface area (Å²) < 4.78 is 6.24. The van der Waals surface area contributed by atoms with Gasteiger partial charge < -0.3 is 35.0 Å². The van der Waals surface area contributed by atoms with Crippen LogP contribution in [0.25, 0.3) is 22.3 Å². The highest BCUT2D eigenvalue weighted by molar-refractivity contribution is 6.02. The molecule has 5 fully saturated rings. The van der Waals surface area contributed by atoms with Crippen molar-refractivity contribution in [3.05, 3.63) is 59.9 Å². The minimum Gasteiger partial charge on any atom is -0.488 e. The van der Waals surface area contributed by atoms with Gasteiger partial charge in [0.2, 0.25) is 5.91 Å². The summed E-state index contributed by atoms with van der Waals surface area (Å²) in [4.78, 5) is 46.7. The van der Waals surface area contributed by atoms with Gasteiger partial charge in [0.15, 0.2) is 6.23 Å². The second-order valence-corrected chi connectivity index (χ2v) is 18.5. The molecule has 6 aliphatic rings. The Hall–Kier alpha value is -4.83. The van der Waals surface area contributed by atoms with Crippen LogP contribution in [0.4, 0.5) is 11.5 Å². The molecule has 10 rings (SSSR count). The zero-order chi connectivity index (χ0) is 41.1. The minimum atomic E-state index is -1.17. The topological polar surface area (TPSA) is 167 Å². The molecule has 4 atom stereocenters. The minimum absolute atomic E-state index is 0.0434.